The van der Waals surface area contributed by atoms with Crippen molar-refractivity contribution in [1.82, 2.24) is 9.80 Å². The Bertz CT molecular complexity index is 1780. The van der Waals surface area contributed by atoms with E-state index < -0.39 is 0 Å². The third-order valence-corrected chi connectivity index (χ3v) is 8.75. The van der Waals surface area contributed by atoms with Crippen LogP contribution in [-0.2, 0) is 24.6 Å². The highest BCUT2D eigenvalue weighted by Crippen LogP contribution is 2.38. The van der Waals surface area contributed by atoms with Crippen molar-refractivity contribution in [2.24, 2.45) is 0 Å². The first-order valence-electron chi connectivity index (χ1n) is 15.4. The van der Waals surface area contributed by atoms with Crippen LogP contribution < -0.4 is 18.9 Å². The minimum Gasteiger partial charge on any atom is -0.488 e. The van der Waals surface area contributed by atoms with Crippen LogP contribution in [0.3, 0.4) is 0 Å². The van der Waals surface area contributed by atoms with Crippen molar-refractivity contribution >= 4 is 17.5 Å². The first-order valence-corrected chi connectivity index (χ1v) is 15.8. The number of fused-ring (bicyclic) bond motifs is 1. The molecule has 0 radical (unpaired) electrons. The monoisotopic (exact) mass is 637 g/mol. The van der Waals surface area contributed by atoms with Crippen LogP contribution in [0.25, 0.3) is 11.1 Å². The number of hydrogen-bond acceptors (Lipinski definition) is 7. The number of halogens is 1. The number of carbonyl (C=O) groups excluding carboxylic acids is 1. The van der Waals surface area contributed by atoms with Gasteiger partial charge in [-0.1, -0.05) is 48.0 Å². The molecule has 236 valence electrons. The van der Waals surface area contributed by atoms with Crippen molar-refractivity contribution < 1.29 is 23.7 Å². The zero-order valence-electron chi connectivity index (χ0n) is 26.1. The van der Waals surface area contributed by atoms with Crippen LogP contribution in [0.2, 0.25) is 5.02 Å². The number of rotatable bonds is 9. The first-order chi connectivity index (χ1) is 22.4. The van der Waals surface area contributed by atoms with Gasteiger partial charge in [0.25, 0.3) is 0 Å². The number of ether oxygens (including phenoxy) is 4. The average Bonchev–Trinajstić information content (AvgIpc) is 3.08. The molecule has 8 nitrogen and oxygen atoms in total. The predicted molar refractivity (Wildman–Crippen MR) is 176 cm³/mol. The van der Waals surface area contributed by atoms with Gasteiger partial charge in [-0.3, -0.25) is 9.69 Å². The molecule has 0 aromatic heterocycles. The van der Waals surface area contributed by atoms with Gasteiger partial charge in [0.2, 0.25) is 5.91 Å². The van der Waals surface area contributed by atoms with E-state index in [9.17, 15) is 10.1 Å². The SMILES string of the molecule is CC(=O)N1CCN(Cc2cc(Cl)c(OCc3cccc(-c4ccc5c(c4)OCCO5)c3C)cc2OCc2cccc(C#N)c2)CC1. The summed E-state index contributed by atoms with van der Waals surface area (Å²) in [7, 11) is 0. The van der Waals surface area contributed by atoms with Crippen molar-refractivity contribution in [2.75, 3.05) is 39.4 Å². The van der Waals surface area contributed by atoms with Crippen LogP contribution >= 0.6 is 11.6 Å². The number of hydrogen-bond donors (Lipinski definition) is 0. The van der Waals surface area contributed by atoms with Crippen LogP contribution in [0.5, 0.6) is 23.0 Å². The Morgan fingerprint density at radius 1 is 0.870 bits per heavy atom. The molecular weight excluding hydrogens is 602 g/mol. The van der Waals surface area contributed by atoms with Crippen LogP contribution in [0.1, 0.15) is 34.7 Å². The van der Waals surface area contributed by atoms with E-state index in [0.29, 0.717) is 68.1 Å². The molecule has 1 saturated heterocycles. The van der Waals surface area contributed by atoms with E-state index in [4.69, 9.17) is 30.5 Å². The van der Waals surface area contributed by atoms with Gasteiger partial charge < -0.3 is 23.8 Å². The molecule has 0 aliphatic carbocycles. The second kappa shape index (κ2) is 14.2. The smallest absolute Gasteiger partial charge is 0.219 e. The summed E-state index contributed by atoms with van der Waals surface area (Å²) in [6.07, 6.45) is 0. The zero-order chi connectivity index (χ0) is 32.0. The van der Waals surface area contributed by atoms with E-state index in [1.54, 1.807) is 13.0 Å². The van der Waals surface area contributed by atoms with E-state index >= 15 is 0 Å². The molecule has 0 saturated carbocycles. The van der Waals surface area contributed by atoms with Gasteiger partial charge in [-0.05, 0) is 65.1 Å². The van der Waals surface area contributed by atoms with Crippen molar-refractivity contribution in [3.63, 3.8) is 0 Å². The Morgan fingerprint density at radius 2 is 1.63 bits per heavy atom. The lowest BCUT2D eigenvalue weighted by Gasteiger charge is -2.34. The maximum absolute atomic E-state index is 11.8. The molecule has 0 atom stereocenters. The van der Waals surface area contributed by atoms with E-state index in [1.165, 1.54) is 0 Å². The van der Waals surface area contributed by atoms with Gasteiger partial charge >= 0.3 is 0 Å². The summed E-state index contributed by atoms with van der Waals surface area (Å²) < 4.78 is 24.2. The van der Waals surface area contributed by atoms with Crippen LogP contribution in [0, 0.1) is 18.3 Å². The summed E-state index contributed by atoms with van der Waals surface area (Å²) in [4.78, 5) is 16.0. The molecule has 1 fully saturated rings. The molecule has 0 spiro atoms. The molecule has 46 heavy (non-hydrogen) atoms. The lowest BCUT2D eigenvalue weighted by Crippen LogP contribution is -2.47. The van der Waals surface area contributed by atoms with Gasteiger partial charge in [0.15, 0.2) is 11.5 Å². The highest BCUT2D eigenvalue weighted by molar-refractivity contribution is 6.32. The Hall–Kier alpha value is -4.71. The maximum Gasteiger partial charge on any atom is 0.219 e. The molecule has 0 unspecified atom stereocenters. The largest absolute Gasteiger partial charge is 0.488 e. The van der Waals surface area contributed by atoms with Gasteiger partial charge in [-0.15, -0.1) is 0 Å². The summed E-state index contributed by atoms with van der Waals surface area (Å²) in [5, 5.41) is 9.83. The molecule has 2 aliphatic rings. The number of nitrogens with zero attached hydrogens (tertiary/aromatic N) is 3. The summed E-state index contributed by atoms with van der Waals surface area (Å²) >= 11 is 6.83. The zero-order valence-corrected chi connectivity index (χ0v) is 26.8. The van der Waals surface area contributed by atoms with Crippen molar-refractivity contribution in [2.45, 2.75) is 33.6 Å². The van der Waals surface area contributed by atoms with E-state index in [1.807, 2.05) is 59.5 Å². The number of amides is 1. The van der Waals surface area contributed by atoms with Crippen molar-refractivity contribution in [3.05, 3.63) is 106 Å². The number of nitriles is 1. The number of benzene rings is 4. The number of carbonyl (C=O) groups is 1. The highest BCUT2D eigenvalue weighted by Gasteiger charge is 2.21. The fraction of sp³-hybridized carbons (Fsp3) is 0.297. The molecule has 2 heterocycles. The third-order valence-electron chi connectivity index (χ3n) is 8.46. The fourth-order valence-electron chi connectivity index (χ4n) is 5.82. The van der Waals surface area contributed by atoms with E-state index in [0.717, 1.165) is 58.0 Å². The maximum atomic E-state index is 11.8. The van der Waals surface area contributed by atoms with Gasteiger partial charge in [-0.2, -0.15) is 5.26 Å². The second-order valence-electron chi connectivity index (χ2n) is 11.5. The summed E-state index contributed by atoms with van der Waals surface area (Å²) in [5.41, 5.74) is 6.68. The topological polar surface area (TPSA) is 84.3 Å². The van der Waals surface area contributed by atoms with Crippen LogP contribution in [0.15, 0.2) is 72.8 Å². The Labute approximate surface area is 274 Å². The molecular formula is C37H36ClN3O5. The summed E-state index contributed by atoms with van der Waals surface area (Å²) in [6, 6.07) is 25.5. The minimum absolute atomic E-state index is 0.0971. The molecule has 4 aromatic carbocycles. The summed E-state index contributed by atoms with van der Waals surface area (Å²) in [5.74, 6) is 2.80. The molecule has 1 amide bonds. The Balaban J connectivity index is 1.22. The molecule has 4 aromatic rings. The van der Waals surface area contributed by atoms with Gasteiger partial charge in [0, 0.05) is 51.3 Å². The standard InChI is InChI=1S/C37H36ClN3O5/c1-25-30(7-4-8-32(25)29-9-10-34-37(19-29)44-16-15-43-34)24-46-36-20-35(45-23-28-6-3-5-27(17-28)21-39)31(18-33(36)38)22-40-11-13-41(14-12-40)26(2)42/h3-10,17-20H,11-16,22-24H2,1-2H3. The molecule has 0 bridgehead atoms. The highest BCUT2D eigenvalue weighted by atomic mass is 35.5. The fourth-order valence-corrected chi connectivity index (χ4v) is 6.06. The van der Waals surface area contributed by atoms with Gasteiger partial charge in [0.05, 0.1) is 16.7 Å². The van der Waals surface area contributed by atoms with E-state index in [-0.39, 0.29) is 5.91 Å². The van der Waals surface area contributed by atoms with Crippen LogP contribution in [-0.4, -0.2) is 55.1 Å². The normalized spacial score (nSPS) is 14.4. The molecule has 9 heteroatoms. The van der Waals surface area contributed by atoms with Crippen molar-refractivity contribution in [1.29, 1.82) is 5.26 Å². The average molecular weight is 638 g/mol. The first kappa shape index (κ1) is 31.3. The van der Waals surface area contributed by atoms with E-state index in [2.05, 4.69) is 30.0 Å². The summed E-state index contributed by atoms with van der Waals surface area (Å²) in [6.45, 7) is 8.92. The molecule has 2 aliphatic heterocycles. The van der Waals surface area contributed by atoms with Gasteiger partial charge in [-0.25, -0.2) is 0 Å². The number of piperazine rings is 1. The van der Waals surface area contributed by atoms with Crippen LogP contribution in [0.4, 0.5) is 0 Å². The quantitative estimate of drug-likeness (QED) is 0.200. The lowest BCUT2D eigenvalue weighted by molar-refractivity contribution is -0.130. The predicted octanol–water partition coefficient (Wildman–Crippen LogP) is 6.78. The second-order valence-corrected chi connectivity index (χ2v) is 11.9. The lowest BCUT2D eigenvalue weighted by atomic mass is 9.96. The van der Waals surface area contributed by atoms with Gasteiger partial charge in [0.1, 0.15) is 37.9 Å². The minimum atomic E-state index is 0.0971. The Kier molecular flexibility index (Phi) is 9.62. The Morgan fingerprint density at radius 3 is 2.41 bits per heavy atom. The third kappa shape index (κ3) is 7.23. The molecule has 0 N–H and O–H groups in total. The van der Waals surface area contributed by atoms with Crippen molar-refractivity contribution in [3.8, 4) is 40.2 Å². The molecule has 6 rings (SSSR count).